The SMILES string of the molecule is Cc1c2ccccc2nc2nn[se]c12. The molecule has 3 aromatic rings. The average molecular weight is 248 g/mol. The molecule has 0 radical (unpaired) electrons. The van der Waals surface area contributed by atoms with Gasteiger partial charge in [0.15, 0.2) is 0 Å². The van der Waals surface area contributed by atoms with E-state index < -0.39 is 0 Å². The number of fused-ring (bicyclic) bond motifs is 2. The molecule has 1 aromatic carbocycles. The van der Waals surface area contributed by atoms with Crippen LogP contribution in [0.1, 0.15) is 5.56 Å². The number of rotatable bonds is 0. The first-order valence-corrected chi connectivity index (χ1v) is 5.96. The summed E-state index contributed by atoms with van der Waals surface area (Å²) < 4.78 is 5.29. The monoisotopic (exact) mass is 249 g/mol. The third-order valence-corrected chi connectivity index (χ3v) is 4.10. The fourth-order valence-electron chi connectivity index (χ4n) is 1.62. The number of hydrogen-bond acceptors (Lipinski definition) is 3. The minimum absolute atomic E-state index is 0.135. The van der Waals surface area contributed by atoms with Gasteiger partial charge in [-0.1, -0.05) is 0 Å². The molecular formula is C10H7N3Se. The number of para-hydroxylation sites is 1. The molecule has 4 heteroatoms. The van der Waals surface area contributed by atoms with Gasteiger partial charge in [0.05, 0.1) is 0 Å². The average Bonchev–Trinajstić information content (AvgIpc) is 2.66. The van der Waals surface area contributed by atoms with E-state index in [2.05, 4.69) is 27.2 Å². The summed E-state index contributed by atoms with van der Waals surface area (Å²) in [7, 11) is 0. The van der Waals surface area contributed by atoms with Crippen molar-refractivity contribution in [3.8, 4) is 0 Å². The number of benzene rings is 1. The van der Waals surface area contributed by atoms with Crippen molar-refractivity contribution in [2.24, 2.45) is 0 Å². The predicted octanol–water partition coefficient (Wildman–Crippen LogP) is 1.54. The van der Waals surface area contributed by atoms with Gasteiger partial charge in [0.1, 0.15) is 0 Å². The molecule has 0 saturated heterocycles. The zero-order valence-electron chi connectivity index (χ0n) is 7.56. The van der Waals surface area contributed by atoms with E-state index in [-0.39, 0.29) is 14.7 Å². The Balaban J connectivity index is 2.63. The molecule has 0 aliphatic carbocycles. The van der Waals surface area contributed by atoms with E-state index in [0.717, 1.165) is 11.2 Å². The summed E-state index contributed by atoms with van der Waals surface area (Å²) in [5.74, 6) is 0. The number of aromatic nitrogens is 3. The van der Waals surface area contributed by atoms with Gasteiger partial charge < -0.3 is 0 Å². The van der Waals surface area contributed by atoms with Crippen molar-refractivity contribution < 1.29 is 0 Å². The van der Waals surface area contributed by atoms with Gasteiger partial charge in [-0.25, -0.2) is 0 Å². The second-order valence-electron chi connectivity index (χ2n) is 3.18. The van der Waals surface area contributed by atoms with Crippen LogP contribution in [-0.2, 0) is 0 Å². The standard InChI is InChI=1S/C10H7N3Se/c1-6-7-4-2-3-5-8(7)11-10-9(6)14-13-12-10/h2-5H,1H3. The van der Waals surface area contributed by atoms with E-state index in [9.17, 15) is 0 Å². The summed E-state index contributed by atoms with van der Waals surface area (Å²) in [6.07, 6.45) is 0. The van der Waals surface area contributed by atoms with Crippen LogP contribution in [0, 0.1) is 6.92 Å². The summed E-state index contributed by atoms with van der Waals surface area (Å²) in [6.45, 7) is 2.13. The molecule has 14 heavy (non-hydrogen) atoms. The van der Waals surface area contributed by atoms with Crippen LogP contribution in [0.2, 0.25) is 0 Å². The second kappa shape index (κ2) is 2.87. The van der Waals surface area contributed by atoms with Gasteiger partial charge in [-0.05, 0) is 0 Å². The van der Waals surface area contributed by atoms with Crippen molar-refractivity contribution in [2.45, 2.75) is 6.92 Å². The summed E-state index contributed by atoms with van der Waals surface area (Å²) in [5.41, 5.74) is 3.12. The van der Waals surface area contributed by atoms with Gasteiger partial charge in [0.2, 0.25) is 0 Å². The van der Waals surface area contributed by atoms with Crippen molar-refractivity contribution in [2.75, 3.05) is 0 Å². The second-order valence-corrected chi connectivity index (χ2v) is 4.76. The first-order valence-electron chi connectivity index (χ1n) is 4.33. The van der Waals surface area contributed by atoms with Crippen molar-refractivity contribution in [1.82, 2.24) is 14.2 Å². The van der Waals surface area contributed by atoms with Gasteiger partial charge in [-0.3, -0.25) is 0 Å². The van der Waals surface area contributed by atoms with Gasteiger partial charge in [-0.15, -0.1) is 0 Å². The molecular weight excluding hydrogens is 241 g/mol. The zero-order valence-corrected chi connectivity index (χ0v) is 9.27. The Bertz CT molecular complexity index is 615. The van der Waals surface area contributed by atoms with Crippen LogP contribution in [0.4, 0.5) is 0 Å². The quantitative estimate of drug-likeness (QED) is 0.566. The van der Waals surface area contributed by atoms with Gasteiger partial charge in [0, 0.05) is 0 Å². The molecule has 0 bridgehead atoms. The molecule has 0 spiro atoms. The van der Waals surface area contributed by atoms with E-state index in [1.165, 1.54) is 15.2 Å². The fourth-order valence-corrected chi connectivity index (χ4v) is 2.91. The summed E-state index contributed by atoms with van der Waals surface area (Å²) >= 11 is 0.135. The first-order chi connectivity index (χ1) is 6.86. The Morgan fingerprint density at radius 2 is 2.07 bits per heavy atom. The number of aryl methyl sites for hydroxylation is 1. The van der Waals surface area contributed by atoms with E-state index in [1.807, 2.05) is 18.2 Å². The van der Waals surface area contributed by atoms with Crippen LogP contribution >= 0.6 is 0 Å². The van der Waals surface area contributed by atoms with Gasteiger partial charge >= 0.3 is 86.5 Å². The summed E-state index contributed by atoms with van der Waals surface area (Å²) in [4.78, 5) is 4.47. The van der Waals surface area contributed by atoms with Crippen LogP contribution in [0.25, 0.3) is 20.8 Å². The van der Waals surface area contributed by atoms with Gasteiger partial charge in [0.25, 0.3) is 0 Å². The number of nitrogens with zero attached hydrogens (tertiary/aromatic N) is 3. The zero-order chi connectivity index (χ0) is 9.54. The van der Waals surface area contributed by atoms with E-state index in [4.69, 9.17) is 0 Å². The maximum atomic E-state index is 4.47. The summed E-state index contributed by atoms with van der Waals surface area (Å²) in [6, 6.07) is 8.16. The molecule has 3 nitrogen and oxygen atoms in total. The Morgan fingerprint density at radius 1 is 1.21 bits per heavy atom. The third-order valence-electron chi connectivity index (χ3n) is 2.35. The first kappa shape index (κ1) is 8.09. The van der Waals surface area contributed by atoms with E-state index in [1.54, 1.807) is 0 Å². The molecule has 0 unspecified atom stereocenters. The van der Waals surface area contributed by atoms with Crippen LogP contribution < -0.4 is 0 Å². The molecule has 0 aliphatic heterocycles. The topological polar surface area (TPSA) is 38.7 Å². The Labute approximate surface area is 86.8 Å². The molecule has 0 aliphatic rings. The molecule has 2 heterocycles. The Kier molecular flexibility index (Phi) is 1.66. The predicted molar refractivity (Wildman–Crippen MR) is 56.5 cm³/mol. The number of pyridine rings is 1. The molecule has 68 valence electrons. The molecule has 2 aromatic heterocycles. The van der Waals surface area contributed by atoms with Crippen LogP contribution in [0.3, 0.4) is 0 Å². The van der Waals surface area contributed by atoms with Crippen molar-refractivity contribution >= 4 is 35.5 Å². The molecule has 0 atom stereocenters. The number of hydrogen-bond donors (Lipinski definition) is 0. The van der Waals surface area contributed by atoms with E-state index >= 15 is 0 Å². The molecule has 0 N–H and O–H groups in total. The van der Waals surface area contributed by atoms with E-state index in [0.29, 0.717) is 0 Å². The van der Waals surface area contributed by atoms with Crippen LogP contribution in [0.5, 0.6) is 0 Å². The molecule has 0 saturated carbocycles. The van der Waals surface area contributed by atoms with Crippen molar-refractivity contribution in [3.05, 3.63) is 29.8 Å². The maximum absolute atomic E-state index is 4.47. The van der Waals surface area contributed by atoms with Crippen molar-refractivity contribution in [1.29, 1.82) is 0 Å². The van der Waals surface area contributed by atoms with Crippen LogP contribution in [-0.4, -0.2) is 28.9 Å². The fraction of sp³-hybridized carbons (Fsp3) is 0.100. The Morgan fingerprint density at radius 3 is 3.00 bits per heavy atom. The van der Waals surface area contributed by atoms with Gasteiger partial charge in [-0.2, -0.15) is 0 Å². The Hall–Kier alpha value is -1.25. The summed E-state index contributed by atoms with van der Waals surface area (Å²) in [5, 5.41) is 5.27. The molecule has 0 amide bonds. The minimum atomic E-state index is 0.135. The normalized spacial score (nSPS) is 11.2. The third kappa shape index (κ3) is 1.01. The molecule has 3 rings (SSSR count). The molecule has 0 fully saturated rings. The van der Waals surface area contributed by atoms with Crippen LogP contribution in [0.15, 0.2) is 24.3 Å². The van der Waals surface area contributed by atoms with Crippen molar-refractivity contribution in [3.63, 3.8) is 0 Å².